The molecule has 2 rings (SSSR count). The van der Waals surface area contributed by atoms with Gasteiger partial charge in [-0.25, -0.2) is 8.42 Å². The number of halogens is 1. The molecule has 0 aliphatic carbocycles. The molecule has 1 atom stereocenters. The summed E-state index contributed by atoms with van der Waals surface area (Å²) >= 11 is 3.39. The zero-order chi connectivity index (χ0) is 15.0. The summed E-state index contributed by atoms with van der Waals surface area (Å²) in [6.45, 7) is 4.80. The Kier molecular flexibility index (Phi) is 4.59. The van der Waals surface area contributed by atoms with Gasteiger partial charge in [-0.05, 0) is 50.5 Å². The fraction of sp³-hybridized carbons (Fsp3) is 0.571. The Morgan fingerprint density at radius 3 is 2.70 bits per heavy atom. The number of hydrogen-bond donors (Lipinski definition) is 0. The minimum Gasteiger partial charge on any atom is -0.377 e. The highest BCUT2D eigenvalue weighted by molar-refractivity contribution is 9.10. The van der Waals surface area contributed by atoms with Crippen LogP contribution in [-0.4, -0.2) is 38.5 Å². The highest BCUT2D eigenvalue weighted by atomic mass is 79.9. The molecule has 0 saturated carbocycles. The number of sulfonamides is 1. The molecule has 0 amide bonds. The molecule has 0 radical (unpaired) electrons. The van der Waals surface area contributed by atoms with Gasteiger partial charge >= 0.3 is 0 Å². The van der Waals surface area contributed by atoms with Gasteiger partial charge in [-0.3, -0.25) is 0 Å². The molecule has 112 valence electrons. The van der Waals surface area contributed by atoms with E-state index < -0.39 is 15.6 Å². The van der Waals surface area contributed by atoms with E-state index in [0.717, 1.165) is 22.9 Å². The first kappa shape index (κ1) is 15.9. The average Bonchev–Trinajstić information content (AvgIpc) is 2.42. The van der Waals surface area contributed by atoms with Crippen LogP contribution in [0.15, 0.2) is 27.6 Å². The van der Waals surface area contributed by atoms with Gasteiger partial charge in [-0.2, -0.15) is 4.31 Å². The average molecular weight is 362 g/mol. The third-order valence-corrected chi connectivity index (χ3v) is 6.61. The predicted molar refractivity (Wildman–Crippen MR) is 82.3 cm³/mol. The molecule has 1 heterocycles. The van der Waals surface area contributed by atoms with Crippen molar-refractivity contribution in [2.45, 2.75) is 37.2 Å². The molecule has 0 spiro atoms. The lowest BCUT2D eigenvalue weighted by molar-refractivity contribution is -0.0319. The second-order valence-electron chi connectivity index (χ2n) is 5.51. The zero-order valence-electron chi connectivity index (χ0n) is 12.0. The molecule has 6 heteroatoms. The van der Waals surface area contributed by atoms with Crippen LogP contribution in [0.4, 0.5) is 0 Å². The van der Waals surface area contributed by atoms with Crippen molar-refractivity contribution < 1.29 is 13.2 Å². The van der Waals surface area contributed by atoms with Crippen molar-refractivity contribution in [3.63, 3.8) is 0 Å². The molecule has 1 aliphatic heterocycles. The zero-order valence-corrected chi connectivity index (χ0v) is 14.4. The van der Waals surface area contributed by atoms with E-state index in [4.69, 9.17) is 4.74 Å². The summed E-state index contributed by atoms with van der Waals surface area (Å²) in [6.07, 6.45) is 1.70. The van der Waals surface area contributed by atoms with Gasteiger partial charge < -0.3 is 4.74 Å². The van der Waals surface area contributed by atoms with E-state index in [1.54, 1.807) is 25.3 Å². The van der Waals surface area contributed by atoms with Crippen LogP contribution < -0.4 is 0 Å². The Bertz CT molecular complexity index is 602. The molecule has 1 saturated heterocycles. The molecule has 0 aromatic heterocycles. The maximum absolute atomic E-state index is 12.7. The minimum atomic E-state index is -3.45. The van der Waals surface area contributed by atoms with Crippen molar-refractivity contribution in [3.05, 3.63) is 28.2 Å². The van der Waals surface area contributed by atoms with Gasteiger partial charge in [-0.15, -0.1) is 0 Å². The van der Waals surface area contributed by atoms with Crippen LogP contribution in [0.3, 0.4) is 0 Å². The first-order valence-corrected chi connectivity index (χ1v) is 8.83. The van der Waals surface area contributed by atoms with E-state index in [9.17, 15) is 8.42 Å². The quantitative estimate of drug-likeness (QED) is 0.831. The van der Waals surface area contributed by atoms with E-state index in [0.29, 0.717) is 18.0 Å². The Morgan fingerprint density at radius 1 is 1.40 bits per heavy atom. The van der Waals surface area contributed by atoms with Crippen LogP contribution in [0.5, 0.6) is 0 Å². The van der Waals surface area contributed by atoms with Crippen molar-refractivity contribution in [3.8, 4) is 0 Å². The van der Waals surface area contributed by atoms with Crippen molar-refractivity contribution in [2.24, 2.45) is 0 Å². The summed E-state index contributed by atoms with van der Waals surface area (Å²) in [6, 6.07) is 5.13. The van der Waals surface area contributed by atoms with Gasteiger partial charge in [0, 0.05) is 24.7 Å². The monoisotopic (exact) mass is 361 g/mol. The molecular formula is C14H20BrNO3S. The molecule has 20 heavy (non-hydrogen) atoms. The standard InChI is InChI=1S/C14H20BrNO3S/c1-11-9-12(5-6-13(11)15)20(17,18)16-8-4-7-14(2,10-16)19-3/h5-6,9H,4,7-8,10H2,1-3H3. The first-order valence-electron chi connectivity index (χ1n) is 6.60. The number of rotatable bonds is 3. The van der Waals surface area contributed by atoms with Crippen LogP contribution in [0.1, 0.15) is 25.3 Å². The van der Waals surface area contributed by atoms with E-state index in [1.807, 2.05) is 13.8 Å². The second kappa shape index (κ2) is 5.75. The number of ether oxygens (including phenoxy) is 1. The molecule has 1 aromatic carbocycles. The molecule has 0 N–H and O–H groups in total. The van der Waals surface area contributed by atoms with Gasteiger partial charge in [0.15, 0.2) is 0 Å². The summed E-state index contributed by atoms with van der Waals surface area (Å²) in [4.78, 5) is 0.346. The lowest BCUT2D eigenvalue weighted by Crippen LogP contribution is -2.49. The van der Waals surface area contributed by atoms with Crippen molar-refractivity contribution in [1.29, 1.82) is 0 Å². The number of nitrogens with zero attached hydrogens (tertiary/aromatic N) is 1. The number of hydrogen-bond acceptors (Lipinski definition) is 3. The van der Waals surface area contributed by atoms with Crippen molar-refractivity contribution in [2.75, 3.05) is 20.2 Å². The van der Waals surface area contributed by atoms with Gasteiger partial charge in [0.25, 0.3) is 0 Å². The summed E-state index contributed by atoms with van der Waals surface area (Å²) in [5, 5.41) is 0. The highest BCUT2D eigenvalue weighted by Gasteiger charge is 2.37. The predicted octanol–water partition coefficient (Wildman–Crippen LogP) is 2.95. The largest absolute Gasteiger partial charge is 0.377 e. The van der Waals surface area contributed by atoms with Gasteiger partial charge in [-0.1, -0.05) is 15.9 Å². The fourth-order valence-electron chi connectivity index (χ4n) is 2.46. The fourth-order valence-corrected chi connectivity index (χ4v) is 4.38. The Hall–Kier alpha value is -0.430. The molecular weight excluding hydrogens is 342 g/mol. The van der Waals surface area contributed by atoms with E-state index >= 15 is 0 Å². The van der Waals surface area contributed by atoms with Gasteiger partial charge in [0.2, 0.25) is 10.0 Å². The third kappa shape index (κ3) is 3.08. The van der Waals surface area contributed by atoms with Crippen LogP contribution in [0.25, 0.3) is 0 Å². The SMILES string of the molecule is COC1(C)CCCN(S(=O)(=O)c2ccc(Br)c(C)c2)C1. The molecule has 0 bridgehead atoms. The summed E-state index contributed by atoms with van der Waals surface area (Å²) in [5.41, 5.74) is 0.521. The summed E-state index contributed by atoms with van der Waals surface area (Å²) in [7, 11) is -1.81. The van der Waals surface area contributed by atoms with Crippen LogP contribution >= 0.6 is 15.9 Å². The maximum Gasteiger partial charge on any atom is 0.243 e. The van der Waals surface area contributed by atoms with E-state index in [-0.39, 0.29) is 0 Å². The Balaban J connectivity index is 2.32. The number of benzene rings is 1. The normalized spacial score (nSPS) is 24.8. The van der Waals surface area contributed by atoms with Gasteiger partial charge in [0.05, 0.1) is 10.5 Å². The van der Waals surface area contributed by atoms with Crippen LogP contribution in [-0.2, 0) is 14.8 Å². The van der Waals surface area contributed by atoms with Crippen molar-refractivity contribution >= 4 is 26.0 Å². The molecule has 1 aromatic rings. The third-order valence-electron chi connectivity index (χ3n) is 3.88. The highest BCUT2D eigenvalue weighted by Crippen LogP contribution is 2.29. The van der Waals surface area contributed by atoms with Crippen molar-refractivity contribution in [1.82, 2.24) is 4.31 Å². The molecule has 1 aliphatic rings. The second-order valence-corrected chi connectivity index (χ2v) is 8.30. The minimum absolute atomic E-state index is 0.346. The van der Waals surface area contributed by atoms with Crippen LogP contribution in [0, 0.1) is 6.92 Å². The molecule has 1 unspecified atom stereocenters. The maximum atomic E-state index is 12.7. The first-order chi connectivity index (χ1) is 9.28. The number of methoxy groups -OCH3 is 1. The summed E-state index contributed by atoms with van der Waals surface area (Å²) < 4.78 is 33.3. The van der Waals surface area contributed by atoms with Gasteiger partial charge in [0.1, 0.15) is 0 Å². The smallest absolute Gasteiger partial charge is 0.243 e. The lowest BCUT2D eigenvalue weighted by Gasteiger charge is -2.38. The lowest BCUT2D eigenvalue weighted by atomic mass is 9.96. The van der Waals surface area contributed by atoms with Crippen LogP contribution in [0.2, 0.25) is 0 Å². The van der Waals surface area contributed by atoms with E-state index in [1.165, 1.54) is 4.31 Å². The Morgan fingerprint density at radius 2 is 2.10 bits per heavy atom. The summed E-state index contributed by atoms with van der Waals surface area (Å²) in [5.74, 6) is 0. The molecule has 1 fully saturated rings. The molecule has 4 nitrogen and oxygen atoms in total. The number of aryl methyl sites for hydroxylation is 1. The topological polar surface area (TPSA) is 46.6 Å². The number of piperidine rings is 1. The van der Waals surface area contributed by atoms with E-state index in [2.05, 4.69) is 15.9 Å². The Labute approximate surface area is 129 Å².